The zero-order valence-corrected chi connectivity index (χ0v) is 14.2. The molecule has 120 valence electrons. The zero-order valence-electron chi connectivity index (χ0n) is 14.2. The molecule has 0 aliphatic rings. The van der Waals surface area contributed by atoms with Crippen LogP contribution in [0.5, 0.6) is 0 Å². The van der Waals surface area contributed by atoms with Gasteiger partial charge >= 0.3 is 0 Å². The van der Waals surface area contributed by atoms with Gasteiger partial charge in [-0.15, -0.1) is 0 Å². The fourth-order valence-electron chi connectivity index (χ4n) is 1.94. The lowest BCUT2D eigenvalue weighted by molar-refractivity contribution is 0.0716. The number of nitrogens with one attached hydrogen (secondary N) is 1. The summed E-state index contributed by atoms with van der Waals surface area (Å²) in [6.45, 7) is 13.2. The van der Waals surface area contributed by atoms with Crippen LogP contribution in [-0.4, -0.2) is 42.4 Å². The second kappa shape index (κ2) is 8.41. The Morgan fingerprint density at radius 2 is 1.62 bits per heavy atom. The summed E-state index contributed by atoms with van der Waals surface area (Å²) in [6, 6.07) is 0. The van der Waals surface area contributed by atoms with Gasteiger partial charge in [0.15, 0.2) is 0 Å². The van der Waals surface area contributed by atoms with E-state index in [2.05, 4.69) is 36.1 Å². The van der Waals surface area contributed by atoms with E-state index in [4.69, 9.17) is 9.47 Å². The maximum atomic E-state index is 5.46. The first kappa shape index (κ1) is 18.0. The molecule has 5 nitrogen and oxygen atoms in total. The lowest BCUT2D eigenvalue weighted by atomic mass is 10.1. The van der Waals surface area contributed by atoms with Crippen LogP contribution in [-0.2, 0) is 22.4 Å². The predicted molar refractivity (Wildman–Crippen MR) is 84.5 cm³/mol. The average Bonchev–Trinajstić information content (AvgIpc) is 2.36. The van der Waals surface area contributed by atoms with E-state index in [-0.39, 0.29) is 5.54 Å². The molecule has 0 radical (unpaired) electrons. The van der Waals surface area contributed by atoms with Crippen molar-refractivity contribution in [1.82, 2.24) is 15.3 Å². The molecule has 0 aromatic carbocycles. The van der Waals surface area contributed by atoms with Crippen LogP contribution in [0.25, 0.3) is 0 Å². The summed E-state index contributed by atoms with van der Waals surface area (Å²) in [6.07, 6.45) is 0.734. The van der Waals surface area contributed by atoms with Crippen LogP contribution >= 0.6 is 0 Å². The topological polar surface area (TPSA) is 56.3 Å². The van der Waals surface area contributed by atoms with E-state index < -0.39 is 0 Å². The number of methoxy groups -OCH3 is 1. The first-order valence-corrected chi connectivity index (χ1v) is 7.48. The van der Waals surface area contributed by atoms with Crippen LogP contribution in [0.4, 0.5) is 0 Å². The SMILES string of the molecule is COCCOCCc1nc(C)c(CNC(C)(C)C)c(C)n1. The standard InChI is InChI=1S/C16H29N3O2/c1-12-14(11-17-16(3,4)5)13(2)19-15(18-12)7-8-21-10-9-20-6/h17H,7-11H2,1-6H3. The van der Waals surface area contributed by atoms with Crippen molar-refractivity contribution >= 4 is 0 Å². The summed E-state index contributed by atoms with van der Waals surface area (Å²) >= 11 is 0. The molecular weight excluding hydrogens is 266 g/mol. The number of rotatable bonds is 8. The van der Waals surface area contributed by atoms with Crippen molar-refractivity contribution < 1.29 is 9.47 Å². The molecule has 0 saturated heterocycles. The Morgan fingerprint density at radius 3 is 2.14 bits per heavy atom. The van der Waals surface area contributed by atoms with Gasteiger partial charge in [0.25, 0.3) is 0 Å². The number of hydrogen-bond donors (Lipinski definition) is 1. The summed E-state index contributed by atoms with van der Waals surface area (Å²) < 4.78 is 10.4. The van der Waals surface area contributed by atoms with Crippen molar-refractivity contribution in [3.8, 4) is 0 Å². The Hall–Kier alpha value is -1.04. The Morgan fingerprint density at radius 1 is 1.00 bits per heavy atom. The van der Waals surface area contributed by atoms with Gasteiger partial charge in [0, 0.05) is 42.6 Å². The molecule has 5 heteroatoms. The van der Waals surface area contributed by atoms with Gasteiger partial charge in [-0.1, -0.05) is 0 Å². The van der Waals surface area contributed by atoms with Crippen LogP contribution in [0, 0.1) is 13.8 Å². The van der Waals surface area contributed by atoms with Gasteiger partial charge < -0.3 is 14.8 Å². The molecule has 0 aliphatic heterocycles. The summed E-state index contributed by atoms with van der Waals surface area (Å²) in [5.41, 5.74) is 3.37. The third-order valence-electron chi connectivity index (χ3n) is 3.16. The fraction of sp³-hybridized carbons (Fsp3) is 0.750. The van der Waals surface area contributed by atoms with Gasteiger partial charge in [-0.25, -0.2) is 9.97 Å². The molecule has 0 amide bonds. The second-order valence-electron chi connectivity index (χ2n) is 6.25. The molecular formula is C16H29N3O2. The zero-order chi connectivity index (χ0) is 15.9. The Bertz CT molecular complexity index is 419. The fourth-order valence-corrected chi connectivity index (χ4v) is 1.94. The molecule has 0 atom stereocenters. The van der Waals surface area contributed by atoms with Crippen molar-refractivity contribution in [3.05, 3.63) is 22.8 Å². The van der Waals surface area contributed by atoms with Gasteiger partial charge in [0.1, 0.15) is 5.82 Å². The van der Waals surface area contributed by atoms with Crippen molar-refractivity contribution in [3.63, 3.8) is 0 Å². The van der Waals surface area contributed by atoms with Crippen molar-refractivity contribution in [2.45, 2.75) is 53.1 Å². The van der Waals surface area contributed by atoms with Gasteiger partial charge in [-0.3, -0.25) is 0 Å². The molecule has 1 aromatic rings. The van der Waals surface area contributed by atoms with E-state index in [1.54, 1.807) is 7.11 Å². The van der Waals surface area contributed by atoms with Crippen molar-refractivity contribution in [2.24, 2.45) is 0 Å². The normalized spacial score (nSPS) is 11.9. The molecule has 0 aliphatic carbocycles. The minimum Gasteiger partial charge on any atom is -0.382 e. The first-order chi connectivity index (χ1) is 9.83. The number of ether oxygens (including phenoxy) is 2. The Labute approximate surface area is 128 Å². The molecule has 1 rings (SSSR count). The van der Waals surface area contributed by atoms with E-state index in [0.29, 0.717) is 19.8 Å². The number of nitrogens with zero attached hydrogens (tertiary/aromatic N) is 2. The summed E-state index contributed by atoms with van der Waals surface area (Å²) in [7, 11) is 1.67. The Kier molecular flexibility index (Phi) is 7.22. The Balaban J connectivity index is 2.58. The maximum absolute atomic E-state index is 5.46. The third kappa shape index (κ3) is 6.98. The van der Waals surface area contributed by atoms with Gasteiger partial charge in [0.05, 0.1) is 19.8 Å². The van der Waals surface area contributed by atoms with E-state index in [9.17, 15) is 0 Å². The molecule has 0 spiro atoms. The molecule has 1 heterocycles. The highest BCUT2D eigenvalue weighted by Crippen LogP contribution is 2.12. The molecule has 0 unspecified atom stereocenters. The molecule has 21 heavy (non-hydrogen) atoms. The number of hydrogen-bond acceptors (Lipinski definition) is 5. The highest BCUT2D eigenvalue weighted by molar-refractivity contribution is 5.24. The van der Waals surface area contributed by atoms with Crippen LogP contribution in [0.15, 0.2) is 0 Å². The van der Waals surface area contributed by atoms with E-state index in [1.165, 1.54) is 5.56 Å². The summed E-state index contributed by atoms with van der Waals surface area (Å²) in [5.74, 6) is 0.849. The van der Waals surface area contributed by atoms with Crippen molar-refractivity contribution in [2.75, 3.05) is 26.9 Å². The minimum absolute atomic E-state index is 0.0900. The van der Waals surface area contributed by atoms with Gasteiger partial charge in [-0.05, 0) is 34.6 Å². The maximum Gasteiger partial charge on any atom is 0.131 e. The van der Waals surface area contributed by atoms with Crippen molar-refractivity contribution in [1.29, 1.82) is 0 Å². The van der Waals surface area contributed by atoms with Crippen LogP contribution in [0.1, 0.15) is 43.5 Å². The summed E-state index contributed by atoms with van der Waals surface area (Å²) in [4.78, 5) is 9.18. The molecule has 1 N–H and O–H groups in total. The van der Waals surface area contributed by atoms with E-state index >= 15 is 0 Å². The van der Waals surface area contributed by atoms with Gasteiger partial charge in [0.2, 0.25) is 0 Å². The first-order valence-electron chi connectivity index (χ1n) is 7.48. The minimum atomic E-state index is 0.0900. The monoisotopic (exact) mass is 295 g/mol. The predicted octanol–water partition coefficient (Wildman–Crippen LogP) is 2.19. The molecule has 0 saturated carbocycles. The number of aromatic nitrogens is 2. The smallest absolute Gasteiger partial charge is 0.131 e. The van der Waals surface area contributed by atoms with E-state index in [1.807, 2.05) is 13.8 Å². The largest absolute Gasteiger partial charge is 0.382 e. The summed E-state index contributed by atoms with van der Waals surface area (Å²) in [5, 5.41) is 3.49. The lowest BCUT2D eigenvalue weighted by Gasteiger charge is -2.22. The molecule has 0 bridgehead atoms. The third-order valence-corrected chi connectivity index (χ3v) is 3.16. The number of aryl methyl sites for hydroxylation is 2. The van der Waals surface area contributed by atoms with Crippen LogP contribution in [0.2, 0.25) is 0 Å². The van der Waals surface area contributed by atoms with Crippen LogP contribution < -0.4 is 5.32 Å². The molecule has 1 aromatic heterocycles. The highest BCUT2D eigenvalue weighted by atomic mass is 16.5. The average molecular weight is 295 g/mol. The van der Waals surface area contributed by atoms with E-state index in [0.717, 1.165) is 30.2 Å². The van der Waals surface area contributed by atoms with Gasteiger partial charge in [-0.2, -0.15) is 0 Å². The highest BCUT2D eigenvalue weighted by Gasteiger charge is 2.13. The molecule has 0 fully saturated rings. The second-order valence-corrected chi connectivity index (χ2v) is 6.25. The van der Waals surface area contributed by atoms with Crippen LogP contribution in [0.3, 0.4) is 0 Å². The quantitative estimate of drug-likeness (QED) is 0.745. The lowest BCUT2D eigenvalue weighted by Crippen LogP contribution is -2.35.